The van der Waals surface area contributed by atoms with Gasteiger partial charge in [0.25, 0.3) is 11.8 Å². The second kappa shape index (κ2) is 9.46. The Bertz CT molecular complexity index is 1220. The Morgan fingerprint density at radius 2 is 1.70 bits per heavy atom. The number of carbonyl (C=O) groups is 2. The molecular weight excluding hydrogens is 438 g/mol. The van der Waals surface area contributed by atoms with Crippen molar-refractivity contribution in [2.75, 3.05) is 5.32 Å². The maximum atomic E-state index is 13.5. The zero-order chi connectivity index (χ0) is 23.5. The van der Waals surface area contributed by atoms with Crippen LogP contribution in [0, 0.1) is 6.92 Å². The van der Waals surface area contributed by atoms with Crippen molar-refractivity contribution in [3.05, 3.63) is 94.4 Å². The van der Waals surface area contributed by atoms with Crippen LogP contribution in [0.15, 0.2) is 72.7 Å². The highest BCUT2D eigenvalue weighted by Gasteiger charge is 2.39. The molecule has 0 unspecified atom stereocenters. The summed E-state index contributed by atoms with van der Waals surface area (Å²) < 4.78 is 5.72. The van der Waals surface area contributed by atoms with Gasteiger partial charge in [0.15, 0.2) is 0 Å². The first-order valence-electron chi connectivity index (χ1n) is 10.6. The summed E-state index contributed by atoms with van der Waals surface area (Å²) in [5, 5.41) is 3.75. The lowest BCUT2D eigenvalue weighted by Crippen LogP contribution is -2.32. The summed E-state index contributed by atoms with van der Waals surface area (Å²) in [7, 11) is 0. The van der Waals surface area contributed by atoms with Crippen LogP contribution in [0.2, 0.25) is 5.02 Å². The highest BCUT2D eigenvalue weighted by atomic mass is 35.5. The first-order chi connectivity index (χ1) is 15.8. The van der Waals surface area contributed by atoms with Crippen LogP contribution in [-0.2, 0) is 16.1 Å². The zero-order valence-corrected chi connectivity index (χ0v) is 19.4. The fourth-order valence-electron chi connectivity index (χ4n) is 3.62. The van der Waals surface area contributed by atoms with Gasteiger partial charge in [-0.05, 0) is 73.9 Å². The summed E-state index contributed by atoms with van der Waals surface area (Å²) in [6.45, 7) is 5.90. The van der Waals surface area contributed by atoms with E-state index in [2.05, 4.69) is 10.3 Å². The van der Waals surface area contributed by atoms with Crippen LogP contribution in [0.1, 0.15) is 30.5 Å². The first-order valence-corrected chi connectivity index (χ1v) is 11.0. The number of nitrogens with one attached hydrogen (secondary N) is 1. The van der Waals surface area contributed by atoms with Crippen LogP contribution in [0.3, 0.4) is 0 Å². The lowest BCUT2D eigenvalue weighted by atomic mass is 10.0. The molecule has 0 saturated heterocycles. The predicted octanol–water partition coefficient (Wildman–Crippen LogP) is 5.22. The third-order valence-electron chi connectivity index (χ3n) is 5.30. The van der Waals surface area contributed by atoms with Crippen LogP contribution >= 0.6 is 11.6 Å². The lowest BCUT2D eigenvalue weighted by molar-refractivity contribution is -0.137. The van der Waals surface area contributed by atoms with Crippen LogP contribution in [0.25, 0.3) is 5.57 Å². The predicted molar refractivity (Wildman–Crippen MR) is 129 cm³/mol. The molecule has 0 atom stereocenters. The molecule has 0 fully saturated rings. The molecule has 33 heavy (non-hydrogen) atoms. The molecule has 7 heteroatoms. The number of benzene rings is 2. The minimum atomic E-state index is -0.395. The number of halogens is 1. The lowest BCUT2D eigenvalue weighted by Gasteiger charge is -2.16. The molecule has 1 aromatic heterocycles. The number of pyridine rings is 1. The number of amides is 2. The topological polar surface area (TPSA) is 71.5 Å². The van der Waals surface area contributed by atoms with E-state index in [1.54, 1.807) is 60.9 Å². The number of aromatic nitrogens is 1. The smallest absolute Gasteiger partial charge is 0.278 e. The van der Waals surface area contributed by atoms with E-state index in [1.165, 1.54) is 4.90 Å². The van der Waals surface area contributed by atoms with Crippen LogP contribution in [0.5, 0.6) is 5.75 Å². The molecule has 0 aliphatic carbocycles. The normalized spacial score (nSPS) is 13.8. The second-order valence-electron chi connectivity index (χ2n) is 8.03. The maximum absolute atomic E-state index is 13.5. The number of imide groups is 1. The minimum absolute atomic E-state index is 0.0311. The molecule has 2 heterocycles. The van der Waals surface area contributed by atoms with E-state index in [0.29, 0.717) is 27.6 Å². The summed E-state index contributed by atoms with van der Waals surface area (Å²) in [6.07, 6.45) is 3.30. The molecule has 168 valence electrons. The fraction of sp³-hybridized carbons (Fsp3) is 0.192. The van der Waals surface area contributed by atoms with E-state index in [0.717, 1.165) is 11.1 Å². The van der Waals surface area contributed by atoms with Crippen molar-refractivity contribution in [2.24, 2.45) is 0 Å². The van der Waals surface area contributed by atoms with Gasteiger partial charge < -0.3 is 10.1 Å². The Kier molecular flexibility index (Phi) is 6.47. The van der Waals surface area contributed by atoms with Gasteiger partial charge in [-0.3, -0.25) is 19.5 Å². The van der Waals surface area contributed by atoms with Gasteiger partial charge in [-0.1, -0.05) is 29.8 Å². The number of hydrogen-bond donors (Lipinski definition) is 1. The Labute approximate surface area is 197 Å². The van der Waals surface area contributed by atoms with Crippen molar-refractivity contribution in [3.8, 4) is 5.75 Å². The second-order valence-corrected chi connectivity index (χ2v) is 8.44. The molecule has 4 rings (SSSR count). The Morgan fingerprint density at radius 1 is 1.00 bits per heavy atom. The Hall–Kier alpha value is -3.64. The standard InChI is InChI=1S/C26H24ClN3O3/c1-16(2)33-20-9-7-19(8-10-20)23-24(29-22-6-4-5-21(27)17(22)3)26(32)30(25(23)31)15-18-11-13-28-14-12-18/h4-14,16,29H,15H2,1-3H3. The van der Waals surface area contributed by atoms with Crippen molar-refractivity contribution < 1.29 is 14.3 Å². The van der Waals surface area contributed by atoms with E-state index in [9.17, 15) is 9.59 Å². The molecule has 3 aromatic rings. The highest BCUT2D eigenvalue weighted by Crippen LogP contribution is 2.34. The number of hydrogen-bond acceptors (Lipinski definition) is 5. The minimum Gasteiger partial charge on any atom is -0.491 e. The average Bonchev–Trinajstić information content (AvgIpc) is 3.02. The zero-order valence-electron chi connectivity index (χ0n) is 18.6. The Balaban J connectivity index is 1.74. The van der Waals surface area contributed by atoms with Crippen molar-refractivity contribution in [1.82, 2.24) is 9.88 Å². The van der Waals surface area contributed by atoms with Gasteiger partial charge in [0.1, 0.15) is 11.4 Å². The highest BCUT2D eigenvalue weighted by molar-refractivity contribution is 6.36. The number of carbonyl (C=O) groups excluding carboxylic acids is 2. The van der Waals surface area contributed by atoms with Gasteiger partial charge in [-0.25, -0.2) is 0 Å². The fourth-order valence-corrected chi connectivity index (χ4v) is 3.80. The summed E-state index contributed by atoms with van der Waals surface area (Å²) in [5.41, 5.74) is 3.43. The van der Waals surface area contributed by atoms with E-state index in [4.69, 9.17) is 16.3 Å². The number of rotatable bonds is 7. The number of nitrogens with zero attached hydrogens (tertiary/aromatic N) is 2. The van der Waals surface area contributed by atoms with Gasteiger partial charge in [0.05, 0.1) is 18.2 Å². The van der Waals surface area contributed by atoms with Crippen molar-refractivity contribution in [1.29, 1.82) is 0 Å². The van der Waals surface area contributed by atoms with Gasteiger partial charge >= 0.3 is 0 Å². The van der Waals surface area contributed by atoms with Gasteiger partial charge in [0.2, 0.25) is 0 Å². The molecule has 1 N–H and O–H groups in total. The van der Waals surface area contributed by atoms with Crippen LogP contribution < -0.4 is 10.1 Å². The Morgan fingerprint density at radius 3 is 2.36 bits per heavy atom. The molecule has 2 aromatic carbocycles. The summed E-state index contributed by atoms with van der Waals surface area (Å²) in [6, 6.07) is 16.2. The van der Waals surface area contributed by atoms with E-state index in [1.807, 2.05) is 26.8 Å². The summed E-state index contributed by atoms with van der Waals surface area (Å²) in [5.74, 6) is -0.0647. The molecule has 1 aliphatic heterocycles. The SMILES string of the molecule is Cc1c(Cl)cccc1NC1=C(c2ccc(OC(C)C)cc2)C(=O)N(Cc2ccncc2)C1=O. The molecule has 0 radical (unpaired) electrons. The number of anilines is 1. The van der Waals surface area contributed by atoms with Gasteiger partial charge in [-0.2, -0.15) is 0 Å². The maximum Gasteiger partial charge on any atom is 0.278 e. The molecule has 0 bridgehead atoms. The van der Waals surface area contributed by atoms with E-state index in [-0.39, 0.29) is 24.3 Å². The quantitative estimate of drug-likeness (QED) is 0.488. The van der Waals surface area contributed by atoms with E-state index >= 15 is 0 Å². The largest absolute Gasteiger partial charge is 0.491 e. The number of ether oxygens (including phenoxy) is 1. The van der Waals surface area contributed by atoms with E-state index < -0.39 is 5.91 Å². The molecule has 6 nitrogen and oxygen atoms in total. The third kappa shape index (κ3) is 4.76. The van der Waals surface area contributed by atoms with Crippen LogP contribution in [-0.4, -0.2) is 27.8 Å². The van der Waals surface area contributed by atoms with Gasteiger partial charge in [0, 0.05) is 23.1 Å². The summed E-state index contributed by atoms with van der Waals surface area (Å²) >= 11 is 6.27. The molecule has 2 amide bonds. The van der Waals surface area contributed by atoms with Crippen molar-refractivity contribution >= 4 is 34.7 Å². The average molecular weight is 462 g/mol. The summed E-state index contributed by atoms with van der Waals surface area (Å²) in [4.78, 5) is 32.1. The van der Waals surface area contributed by atoms with Crippen molar-refractivity contribution in [3.63, 3.8) is 0 Å². The molecule has 1 aliphatic rings. The van der Waals surface area contributed by atoms with Crippen molar-refractivity contribution in [2.45, 2.75) is 33.4 Å². The molecule has 0 spiro atoms. The monoisotopic (exact) mass is 461 g/mol. The molecular formula is C26H24ClN3O3. The molecule has 0 saturated carbocycles. The third-order valence-corrected chi connectivity index (χ3v) is 5.71. The van der Waals surface area contributed by atoms with Gasteiger partial charge in [-0.15, -0.1) is 0 Å². The van der Waals surface area contributed by atoms with Crippen LogP contribution in [0.4, 0.5) is 5.69 Å². The first kappa shape index (κ1) is 22.6.